The van der Waals surface area contributed by atoms with Crippen LogP contribution < -0.4 is 49.5 Å². The van der Waals surface area contributed by atoms with E-state index in [0.717, 1.165) is 67.5 Å². The van der Waals surface area contributed by atoms with Crippen LogP contribution >= 0.6 is 35.2 Å². The molecule has 2 amide bonds. The summed E-state index contributed by atoms with van der Waals surface area (Å²) in [6.45, 7) is 2.43. The first-order valence-electron chi connectivity index (χ1n) is 21.7. The summed E-state index contributed by atoms with van der Waals surface area (Å²) in [5.74, 6) is -1.12. The number of phosphoric acid groups is 3. The normalized spacial score (nSPS) is 20.1. The van der Waals surface area contributed by atoms with E-state index < -0.39 is 84.6 Å². The molecule has 69 heavy (non-hydrogen) atoms. The molecule has 0 bridgehead atoms. The molecular formula is C38H75N10O17P3S. The van der Waals surface area contributed by atoms with Crippen LogP contribution in [-0.2, 0) is 50.7 Å². The van der Waals surface area contributed by atoms with Crippen molar-refractivity contribution in [2.45, 2.75) is 141 Å². The van der Waals surface area contributed by atoms with Crippen LogP contribution in [0.5, 0.6) is 0 Å². The fourth-order valence-corrected chi connectivity index (χ4v) is 9.98. The molecule has 0 spiro atoms. The number of aliphatic hydroxyl groups is 2. The summed E-state index contributed by atoms with van der Waals surface area (Å²) in [7, 11) is -17.3. The molecule has 2 aromatic rings. The van der Waals surface area contributed by atoms with Gasteiger partial charge in [0.2, 0.25) is 11.8 Å². The minimum absolute atomic E-state index is 0. The first-order chi connectivity index (χ1) is 31.1. The van der Waals surface area contributed by atoms with Crippen LogP contribution in [0.2, 0.25) is 0 Å². The molecule has 0 radical (unpaired) electrons. The van der Waals surface area contributed by atoms with Crippen molar-refractivity contribution in [3.8, 4) is 0 Å². The Bertz CT molecular complexity index is 2030. The van der Waals surface area contributed by atoms with E-state index in [1.807, 2.05) is 0 Å². The van der Waals surface area contributed by atoms with Crippen molar-refractivity contribution < 1.29 is 80.5 Å². The van der Waals surface area contributed by atoms with Crippen molar-refractivity contribution >= 4 is 69.1 Å². The van der Waals surface area contributed by atoms with E-state index in [9.17, 15) is 57.9 Å². The largest absolute Gasteiger partial charge is 0.756 e. The van der Waals surface area contributed by atoms with Gasteiger partial charge in [-0.2, -0.15) is 0 Å². The van der Waals surface area contributed by atoms with E-state index in [-0.39, 0.29) is 60.1 Å². The third-order valence-electron chi connectivity index (χ3n) is 10.1. The van der Waals surface area contributed by atoms with Crippen LogP contribution in [0.4, 0.5) is 5.82 Å². The van der Waals surface area contributed by atoms with E-state index in [1.54, 1.807) is 0 Å². The highest BCUT2D eigenvalue weighted by Crippen LogP contribution is 2.56. The van der Waals surface area contributed by atoms with Crippen molar-refractivity contribution in [2.75, 3.05) is 37.8 Å². The van der Waals surface area contributed by atoms with Gasteiger partial charge in [0.25, 0.3) is 23.5 Å². The quantitative estimate of drug-likeness (QED) is 0.0280. The number of ether oxygens (including phenoxy) is 1. The van der Waals surface area contributed by atoms with E-state index in [1.165, 1.54) is 52.4 Å². The topological polar surface area (TPSA) is 482 Å². The van der Waals surface area contributed by atoms with Gasteiger partial charge in [-0.05, 0) is 32.1 Å². The zero-order chi connectivity index (χ0) is 49.0. The number of aliphatic hydroxyl groups excluding tert-OH is 2. The number of carbonyl (C=O) groups excluding carboxylic acids is 3. The Morgan fingerprint density at radius 2 is 1.52 bits per heavy atom. The van der Waals surface area contributed by atoms with Crippen LogP contribution in [0, 0.1) is 5.41 Å². The molecule has 1 aliphatic rings. The van der Waals surface area contributed by atoms with Crippen LogP contribution in [-0.4, -0.2) is 108 Å². The fraction of sp³-hybridized carbons (Fsp3) is 0.737. The maximum atomic E-state index is 12.6. The second kappa shape index (κ2) is 32.3. The number of fused-ring (bicyclic) bond motifs is 1. The number of nitrogen functional groups attached to an aromatic ring is 1. The lowest BCUT2D eigenvalue weighted by Crippen LogP contribution is -2.46. The number of hydrogen-bond donors (Lipinski definition) is 9. The lowest BCUT2D eigenvalue weighted by molar-refractivity contribution is -0.247. The summed E-state index contributed by atoms with van der Waals surface area (Å²) >= 11 is 1.14. The summed E-state index contributed by atoms with van der Waals surface area (Å²) in [6.07, 6.45) is 11.5. The molecule has 4 unspecified atom stereocenters. The molecule has 1 fully saturated rings. The molecule has 1 saturated heterocycles. The average Bonchev–Trinajstić information content (AvgIpc) is 3.80. The van der Waals surface area contributed by atoms with Gasteiger partial charge >= 0.3 is 0 Å². The first kappa shape index (κ1) is 66.2. The summed E-state index contributed by atoms with van der Waals surface area (Å²) in [6, 6.07) is 0. The molecular weight excluding hydrogens is 993 g/mol. The number of amides is 2. The Morgan fingerprint density at radius 3 is 2.16 bits per heavy atom. The van der Waals surface area contributed by atoms with E-state index in [4.69, 9.17) is 10.5 Å². The van der Waals surface area contributed by atoms with Crippen molar-refractivity contribution in [1.82, 2.24) is 48.6 Å². The molecule has 0 aromatic carbocycles. The molecule has 19 N–H and O–H groups in total. The van der Waals surface area contributed by atoms with Gasteiger partial charge < -0.3 is 82.9 Å². The molecule has 0 saturated carbocycles. The van der Waals surface area contributed by atoms with E-state index in [0.29, 0.717) is 12.2 Å². The van der Waals surface area contributed by atoms with Crippen LogP contribution in [0.3, 0.4) is 0 Å². The highest BCUT2D eigenvalue weighted by atomic mass is 32.2. The number of unbranched alkanes of at least 4 members (excludes halogenated alkanes) is 10. The zero-order valence-electron chi connectivity index (χ0n) is 40.3. The van der Waals surface area contributed by atoms with Gasteiger partial charge in [0, 0.05) is 37.1 Å². The lowest BCUT2D eigenvalue weighted by atomic mass is 9.87. The van der Waals surface area contributed by atoms with Crippen molar-refractivity contribution in [3.05, 3.63) is 24.8 Å². The number of thioether (sulfide) groups is 1. The molecule has 400 valence electrons. The summed E-state index contributed by atoms with van der Waals surface area (Å²) < 4.78 is 61.1. The van der Waals surface area contributed by atoms with Gasteiger partial charge in [0.1, 0.15) is 36.3 Å². The molecule has 2 aromatic heterocycles. The number of phosphoric ester groups is 3. The highest BCUT2D eigenvalue weighted by molar-refractivity contribution is 8.13. The number of anilines is 1. The predicted molar refractivity (Wildman–Crippen MR) is 253 cm³/mol. The average molecular weight is 1070 g/mol. The van der Waals surface area contributed by atoms with Crippen LogP contribution in [0.25, 0.3) is 11.2 Å². The number of aromatic nitrogens is 4. The van der Waals surface area contributed by atoms with Gasteiger partial charge in [0.05, 0.1) is 19.5 Å². The number of rotatable bonds is 33. The molecule has 3 rings (SSSR count). The Morgan fingerprint density at radius 1 is 0.913 bits per heavy atom. The van der Waals surface area contributed by atoms with Gasteiger partial charge in [-0.15, -0.1) is 0 Å². The van der Waals surface area contributed by atoms with Crippen LogP contribution in [0.15, 0.2) is 24.8 Å². The number of allylic oxidation sites excluding steroid dienone is 2. The summed E-state index contributed by atoms with van der Waals surface area (Å²) in [4.78, 5) is 94.8. The monoisotopic (exact) mass is 1070 g/mol. The number of imidazole rings is 1. The lowest BCUT2D eigenvalue weighted by Gasteiger charge is -2.35. The Labute approximate surface area is 406 Å². The molecule has 0 aliphatic carbocycles. The number of nitrogens with one attached hydrogen (secondary N) is 2. The smallest absolute Gasteiger partial charge is 0.274 e. The number of carbonyl (C=O) groups is 3. The van der Waals surface area contributed by atoms with Gasteiger partial charge in [-0.3, -0.25) is 32.6 Å². The Hall–Kier alpha value is -2.82. The van der Waals surface area contributed by atoms with Gasteiger partial charge in [-0.25, -0.2) is 19.3 Å². The SMILES string of the molecule is CCCCCC/C=C\CCCCCCCCC(=O)SCCNC(=O)CCNC(=O)[C@H](O)C(C)(C)COP(=O)([O-])OP(=O)([O-])OC[C@H]1O[C@@H](n2cnc3c(N)ncnc32)C(O)[C@H]1OP(=O)([O-])O.[NH4+].[NH4+].[NH4+]. The van der Waals surface area contributed by atoms with Crippen molar-refractivity contribution in [1.29, 1.82) is 0 Å². The maximum Gasteiger partial charge on any atom is 0.274 e. The van der Waals surface area contributed by atoms with E-state index in [2.05, 4.69) is 62.5 Å². The minimum atomic E-state index is -5.90. The Kier molecular flexibility index (Phi) is 31.0. The van der Waals surface area contributed by atoms with Gasteiger partial charge in [0.15, 0.2) is 22.8 Å². The Balaban J connectivity index is 0.0000154. The molecule has 8 atom stereocenters. The third kappa shape index (κ3) is 24.4. The molecule has 1 aliphatic heterocycles. The number of nitrogens with zero attached hydrogens (tertiary/aromatic N) is 4. The minimum Gasteiger partial charge on any atom is -0.756 e. The standard InChI is InChI=1S/C38H66N7O17P3S.3H3N/c1-4-5-6-7-8-9-10-11-12-13-14-15-16-17-18-29(47)66-22-21-40-28(46)19-20-41-36(50)33(49)38(2,3)24-59-65(56,57)62-64(54,55)58-23-27-32(61-63(51,52)53)31(48)37(60-27)45-26-44-30-34(39)42-25-43-35(30)45;;;/h9-10,25-27,31-33,37,48-49H,4-8,11-24H2,1-3H3,(H,40,46)(H,41,50)(H,54,55)(H,56,57)(H2,39,42,43)(H2,51,52,53);3*1H3/b10-9-;;;/t27-,31?,32+,33+,37-;;;/m1.../s1. The van der Waals surface area contributed by atoms with E-state index >= 15 is 0 Å². The number of nitrogens with two attached hydrogens (primary N) is 1. The maximum absolute atomic E-state index is 12.6. The van der Waals surface area contributed by atoms with Crippen molar-refractivity contribution in [3.63, 3.8) is 0 Å². The number of quaternary nitrogens is 3. The second-order valence-corrected chi connectivity index (χ2v) is 21.5. The first-order valence-corrected chi connectivity index (χ1v) is 27.1. The van der Waals surface area contributed by atoms with Crippen LogP contribution in [0.1, 0.15) is 117 Å². The second-order valence-electron chi connectivity index (χ2n) is 16.2. The zero-order valence-corrected chi connectivity index (χ0v) is 43.8. The fourth-order valence-electron chi connectivity index (χ4n) is 6.51. The van der Waals surface area contributed by atoms with Gasteiger partial charge in [-0.1, -0.05) is 89.6 Å². The highest BCUT2D eigenvalue weighted by Gasteiger charge is 2.48. The molecule has 3 heterocycles. The van der Waals surface area contributed by atoms with Crippen molar-refractivity contribution in [2.24, 2.45) is 5.41 Å². The predicted octanol–water partition coefficient (Wildman–Crippen LogP) is 3.54. The number of hydrogen-bond acceptors (Lipinski definition) is 21. The third-order valence-corrected chi connectivity index (χ3v) is 14.1. The molecule has 31 heteroatoms. The summed E-state index contributed by atoms with van der Waals surface area (Å²) in [5, 5.41) is 26.5. The molecule has 27 nitrogen and oxygen atoms in total. The summed E-state index contributed by atoms with van der Waals surface area (Å²) in [5.41, 5.74) is 4.13.